The lowest BCUT2D eigenvalue weighted by molar-refractivity contribution is 0.282. The molecule has 0 radical (unpaired) electrons. The van der Waals surface area contributed by atoms with Gasteiger partial charge in [0.15, 0.2) is 0 Å². The van der Waals surface area contributed by atoms with Crippen molar-refractivity contribution in [3.05, 3.63) is 64.1 Å². The number of aliphatic hydroxyl groups is 1. The Labute approximate surface area is 109 Å². The Bertz CT molecular complexity index is 465. The minimum atomic E-state index is 0.0976. The lowest BCUT2D eigenvalue weighted by Crippen LogP contribution is -1.99. The normalized spacial score (nSPS) is 10.2. The molecule has 0 unspecified atom stereocenters. The Kier molecular flexibility index (Phi) is 4.18. The maximum absolute atomic E-state index is 8.94. The maximum atomic E-state index is 8.94. The van der Waals surface area contributed by atoms with E-state index in [1.165, 1.54) is 5.56 Å². The predicted octanol–water partition coefficient (Wildman–Crippen LogP) is 3.55. The second kappa shape index (κ2) is 5.84. The summed E-state index contributed by atoms with van der Waals surface area (Å²) in [6.45, 7) is 0.883. The van der Waals surface area contributed by atoms with Gasteiger partial charge in [0.25, 0.3) is 0 Å². The highest BCUT2D eigenvalue weighted by Gasteiger charge is 1.95. The van der Waals surface area contributed by atoms with E-state index in [4.69, 9.17) is 5.11 Å². The summed E-state index contributed by atoms with van der Waals surface area (Å²) in [5.74, 6) is 0. The molecule has 0 bridgehead atoms. The van der Waals surface area contributed by atoms with Crippen molar-refractivity contribution in [2.24, 2.45) is 0 Å². The van der Waals surface area contributed by atoms with Crippen LogP contribution in [-0.4, -0.2) is 5.11 Å². The quantitative estimate of drug-likeness (QED) is 0.903. The van der Waals surface area contributed by atoms with Crippen LogP contribution >= 0.6 is 15.9 Å². The molecular weight excluding hydrogens is 278 g/mol. The highest BCUT2D eigenvalue weighted by atomic mass is 79.9. The summed E-state index contributed by atoms with van der Waals surface area (Å²) in [5, 5.41) is 12.3. The summed E-state index contributed by atoms with van der Waals surface area (Å²) in [7, 11) is 0. The van der Waals surface area contributed by atoms with Crippen molar-refractivity contribution in [2.75, 3.05) is 5.32 Å². The van der Waals surface area contributed by atoms with E-state index in [-0.39, 0.29) is 6.61 Å². The Hall–Kier alpha value is -1.32. The van der Waals surface area contributed by atoms with E-state index >= 15 is 0 Å². The standard InChI is InChI=1S/C14H14BrNO/c15-13-5-7-14(8-6-13)16-9-11-1-3-12(10-17)4-2-11/h1-8,16-17H,9-10H2. The highest BCUT2D eigenvalue weighted by molar-refractivity contribution is 9.10. The summed E-state index contributed by atoms with van der Waals surface area (Å²) < 4.78 is 1.08. The Morgan fingerprint density at radius 2 is 1.47 bits per heavy atom. The fourth-order valence-electron chi connectivity index (χ4n) is 1.53. The third-order valence-corrected chi connectivity index (χ3v) is 3.08. The van der Waals surface area contributed by atoms with Gasteiger partial charge in [0.2, 0.25) is 0 Å². The van der Waals surface area contributed by atoms with Crippen LogP contribution in [0.15, 0.2) is 53.0 Å². The molecule has 0 saturated heterocycles. The number of aliphatic hydroxyl groups excluding tert-OH is 1. The van der Waals surface area contributed by atoms with Crippen LogP contribution in [0.1, 0.15) is 11.1 Å². The van der Waals surface area contributed by atoms with Crippen LogP contribution in [0.2, 0.25) is 0 Å². The molecular formula is C14H14BrNO. The molecule has 2 N–H and O–H groups in total. The van der Waals surface area contributed by atoms with Gasteiger partial charge in [0, 0.05) is 16.7 Å². The van der Waals surface area contributed by atoms with Crippen molar-refractivity contribution in [3.8, 4) is 0 Å². The molecule has 0 heterocycles. The summed E-state index contributed by atoms with van der Waals surface area (Å²) in [5.41, 5.74) is 3.24. The lowest BCUT2D eigenvalue weighted by atomic mass is 10.1. The Balaban J connectivity index is 1.95. The second-order valence-corrected chi connectivity index (χ2v) is 4.75. The smallest absolute Gasteiger partial charge is 0.0681 e. The van der Waals surface area contributed by atoms with Gasteiger partial charge < -0.3 is 10.4 Å². The van der Waals surface area contributed by atoms with Gasteiger partial charge in [-0.05, 0) is 35.4 Å². The molecule has 3 heteroatoms. The van der Waals surface area contributed by atoms with Crippen LogP contribution in [-0.2, 0) is 13.2 Å². The first-order valence-electron chi connectivity index (χ1n) is 5.46. The first-order chi connectivity index (χ1) is 8.28. The Morgan fingerprint density at radius 3 is 2.06 bits per heavy atom. The van der Waals surface area contributed by atoms with E-state index in [0.717, 1.165) is 22.3 Å². The van der Waals surface area contributed by atoms with E-state index < -0.39 is 0 Å². The maximum Gasteiger partial charge on any atom is 0.0681 e. The molecule has 2 rings (SSSR count). The monoisotopic (exact) mass is 291 g/mol. The van der Waals surface area contributed by atoms with E-state index in [9.17, 15) is 0 Å². The largest absolute Gasteiger partial charge is 0.392 e. The number of halogens is 1. The van der Waals surface area contributed by atoms with Crippen LogP contribution < -0.4 is 5.32 Å². The molecule has 0 aliphatic heterocycles. The fraction of sp³-hybridized carbons (Fsp3) is 0.143. The van der Waals surface area contributed by atoms with Crippen molar-refractivity contribution < 1.29 is 5.11 Å². The topological polar surface area (TPSA) is 32.3 Å². The van der Waals surface area contributed by atoms with Crippen molar-refractivity contribution >= 4 is 21.6 Å². The van der Waals surface area contributed by atoms with Crippen molar-refractivity contribution in [2.45, 2.75) is 13.2 Å². The first-order valence-corrected chi connectivity index (χ1v) is 6.25. The second-order valence-electron chi connectivity index (χ2n) is 3.84. The Morgan fingerprint density at radius 1 is 0.882 bits per heavy atom. The molecule has 2 aromatic carbocycles. The van der Waals surface area contributed by atoms with E-state index in [1.807, 2.05) is 48.5 Å². The van der Waals surface area contributed by atoms with Gasteiger partial charge in [-0.2, -0.15) is 0 Å². The minimum absolute atomic E-state index is 0.0976. The molecule has 0 saturated carbocycles. The first kappa shape index (κ1) is 12.1. The molecule has 17 heavy (non-hydrogen) atoms. The van der Waals surface area contributed by atoms with Crippen molar-refractivity contribution in [3.63, 3.8) is 0 Å². The zero-order chi connectivity index (χ0) is 12.1. The molecule has 0 aliphatic rings. The molecule has 0 spiro atoms. The number of anilines is 1. The van der Waals surface area contributed by atoms with Crippen LogP contribution in [0, 0.1) is 0 Å². The summed E-state index contributed by atoms with van der Waals surface area (Å²) in [6.07, 6.45) is 0. The average Bonchev–Trinajstić information content (AvgIpc) is 2.39. The van der Waals surface area contributed by atoms with Gasteiger partial charge in [0.05, 0.1) is 6.61 Å². The van der Waals surface area contributed by atoms with Crippen LogP contribution in [0.3, 0.4) is 0 Å². The van der Waals surface area contributed by atoms with Gasteiger partial charge in [-0.1, -0.05) is 40.2 Å². The molecule has 0 aromatic heterocycles. The van der Waals surface area contributed by atoms with E-state index in [1.54, 1.807) is 0 Å². The lowest BCUT2D eigenvalue weighted by Gasteiger charge is -2.07. The molecule has 0 fully saturated rings. The van der Waals surface area contributed by atoms with Gasteiger partial charge in [-0.25, -0.2) is 0 Å². The van der Waals surface area contributed by atoms with Crippen LogP contribution in [0.4, 0.5) is 5.69 Å². The molecule has 2 nitrogen and oxygen atoms in total. The minimum Gasteiger partial charge on any atom is -0.392 e. The highest BCUT2D eigenvalue weighted by Crippen LogP contribution is 2.15. The van der Waals surface area contributed by atoms with Crippen LogP contribution in [0.25, 0.3) is 0 Å². The zero-order valence-corrected chi connectivity index (χ0v) is 10.9. The number of nitrogens with one attached hydrogen (secondary N) is 1. The summed E-state index contributed by atoms with van der Waals surface area (Å²) in [6, 6.07) is 16.0. The van der Waals surface area contributed by atoms with Crippen molar-refractivity contribution in [1.82, 2.24) is 0 Å². The van der Waals surface area contributed by atoms with E-state index in [2.05, 4.69) is 21.2 Å². The summed E-state index contributed by atoms with van der Waals surface area (Å²) >= 11 is 3.41. The predicted molar refractivity (Wildman–Crippen MR) is 73.8 cm³/mol. The number of hydrogen-bond donors (Lipinski definition) is 2. The fourth-order valence-corrected chi connectivity index (χ4v) is 1.80. The van der Waals surface area contributed by atoms with Gasteiger partial charge in [0.1, 0.15) is 0 Å². The number of benzene rings is 2. The molecule has 2 aromatic rings. The molecule has 0 atom stereocenters. The molecule has 0 aliphatic carbocycles. The third kappa shape index (κ3) is 3.58. The van der Waals surface area contributed by atoms with Crippen LogP contribution in [0.5, 0.6) is 0 Å². The van der Waals surface area contributed by atoms with Gasteiger partial charge in [-0.3, -0.25) is 0 Å². The van der Waals surface area contributed by atoms with E-state index in [0.29, 0.717) is 0 Å². The third-order valence-electron chi connectivity index (χ3n) is 2.55. The SMILES string of the molecule is OCc1ccc(CNc2ccc(Br)cc2)cc1. The van der Waals surface area contributed by atoms with Gasteiger partial charge in [-0.15, -0.1) is 0 Å². The number of hydrogen-bond acceptors (Lipinski definition) is 2. The average molecular weight is 292 g/mol. The van der Waals surface area contributed by atoms with Gasteiger partial charge >= 0.3 is 0 Å². The molecule has 88 valence electrons. The zero-order valence-electron chi connectivity index (χ0n) is 9.36. The number of rotatable bonds is 4. The van der Waals surface area contributed by atoms with Crippen molar-refractivity contribution in [1.29, 1.82) is 0 Å². The summed E-state index contributed by atoms with van der Waals surface area (Å²) in [4.78, 5) is 0. The molecule has 0 amide bonds.